The van der Waals surface area contributed by atoms with Gasteiger partial charge in [0.1, 0.15) is 5.82 Å². The summed E-state index contributed by atoms with van der Waals surface area (Å²) in [7, 11) is 0. The number of nitrogens with zero attached hydrogens (tertiary/aromatic N) is 3. The Hall–Kier alpha value is -1.69. The molecule has 0 radical (unpaired) electrons. The van der Waals surface area contributed by atoms with E-state index in [4.69, 9.17) is 0 Å². The van der Waals surface area contributed by atoms with Crippen molar-refractivity contribution in [1.82, 2.24) is 20.1 Å². The monoisotopic (exact) mass is 290 g/mol. The largest absolute Gasteiger partial charge is 0.338 e. The summed E-state index contributed by atoms with van der Waals surface area (Å²) in [5, 5.41) is 9.02. The average Bonchev–Trinajstić information content (AvgIpc) is 3.11. The van der Waals surface area contributed by atoms with E-state index >= 15 is 0 Å². The molecule has 0 atom stereocenters. The zero-order valence-electron chi connectivity index (χ0n) is 11.5. The SMILES string of the molecule is Cc1nc(CC2CCN(C(=O)c3cccs3)CC2)n[nH]1. The molecule has 0 aromatic carbocycles. The van der Waals surface area contributed by atoms with Gasteiger partial charge in [0.15, 0.2) is 5.82 Å². The van der Waals surface area contributed by atoms with Crippen molar-refractivity contribution in [1.29, 1.82) is 0 Å². The molecule has 1 aliphatic rings. The van der Waals surface area contributed by atoms with Gasteiger partial charge in [-0.3, -0.25) is 9.89 Å². The molecule has 106 valence electrons. The number of nitrogens with one attached hydrogen (secondary N) is 1. The number of amides is 1. The third kappa shape index (κ3) is 2.90. The van der Waals surface area contributed by atoms with Crippen LogP contribution in [0.2, 0.25) is 0 Å². The van der Waals surface area contributed by atoms with Crippen molar-refractivity contribution in [3.05, 3.63) is 34.0 Å². The fourth-order valence-corrected chi connectivity index (χ4v) is 3.33. The molecule has 2 aromatic rings. The van der Waals surface area contributed by atoms with E-state index in [0.29, 0.717) is 5.92 Å². The maximum atomic E-state index is 12.2. The number of piperidine rings is 1. The Morgan fingerprint density at radius 2 is 2.30 bits per heavy atom. The fourth-order valence-electron chi connectivity index (χ4n) is 2.63. The zero-order valence-corrected chi connectivity index (χ0v) is 12.3. The van der Waals surface area contributed by atoms with Crippen LogP contribution in [0.4, 0.5) is 0 Å². The summed E-state index contributed by atoms with van der Waals surface area (Å²) in [5.41, 5.74) is 0. The Labute approximate surface area is 122 Å². The molecule has 1 aliphatic heterocycles. The predicted octanol–water partition coefficient (Wildman–Crippen LogP) is 2.27. The molecule has 1 fully saturated rings. The van der Waals surface area contributed by atoms with Crippen molar-refractivity contribution in [2.75, 3.05) is 13.1 Å². The molecular weight excluding hydrogens is 272 g/mol. The summed E-state index contributed by atoms with van der Waals surface area (Å²) in [4.78, 5) is 19.4. The molecule has 6 heteroatoms. The minimum Gasteiger partial charge on any atom is -0.338 e. The van der Waals surface area contributed by atoms with Gasteiger partial charge in [0.25, 0.3) is 5.91 Å². The first-order valence-corrected chi connectivity index (χ1v) is 7.81. The Morgan fingerprint density at radius 3 is 2.90 bits per heavy atom. The van der Waals surface area contributed by atoms with Gasteiger partial charge in [0, 0.05) is 19.5 Å². The Balaban J connectivity index is 1.53. The lowest BCUT2D eigenvalue weighted by Gasteiger charge is -2.31. The van der Waals surface area contributed by atoms with E-state index in [9.17, 15) is 4.79 Å². The fraction of sp³-hybridized carbons (Fsp3) is 0.500. The van der Waals surface area contributed by atoms with E-state index in [0.717, 1.165) is 48.9 Å². The number of hydrogen-bond donors (Lipinski definition) is 1. The van der Waals surface area contributed by atoms with E-state index in [1.807, 2.05) is 29.3 Å². The molecule has 1 amide bonds. The number of H-pyrrole nitrogens is 1. The van der Waals surface area contributed by atoms with Crippen LogP contribution in [-0.2, 0) is 6.42 Å². The van der Waals surface area contributed by atoms with Gasteiger partial charge in [-0.15, -0.1) is 11.3 Å². The van der Waals surface area contributed by atoms with Crippen LogP contribution in [0.3, 0.4) is 0 Å². The Morgan fingerprint density at radius 1 is 1.50 bits per heavy atom. The van der Waals surface area contributed by atoms with Gasteiger partial charge in [0.2, 0.25) is 0 Å². The molecule has 20 heavy (non-hydrogen) atoms. The van der Waals surface area contributed by atoms with Crippen molar-refractivity contribution in [2.45, 2.75) is 26.2 Å². The third-order valence-corrected chi connectivity index (χ3v) is 4.61. The first-order chi connectivity index (χ1) is 9.72. The molecular formula is C14H18N4OS. The van der Waals surface area contributed by atoms with Crippen LogP contribution in [0.1, 0.15) is 34.2 Å². The molecule has 0 bridgehead atoms. The molecule has 1 saturated heterocycles. The topological polar surface area (TPSA) is 61.9 Å². The summed E-state index contributed by atoms with van der Waals surface area (Å²) < 4.78 is 0. The maximum absolute atomic E-state index is 12.2. The standard InChI is InChI=1S/C14H18N4OS/c1-10-15-13(17-16-10)9-11-4-6-18(7-5-11)14(19)12-3-2-8-20-12/h2-3,8,11H,4-7,9H2,1H3,(H,15,16,17). The highest BCUT2D eigenvalue weighted by Gasteiger charge is 2.24. The number of carbonyl (C=O) groups excluding carboxylic acids is 1. The molecule has 0 unspecified atom stereocenters. The van der Waals surface area contributed by atoms with Gasteiger partial charge in [-0.25, -0.2) is 4.98 Å². The molecule has 1 N–H and O–H groups in total. The summed E-state index contributed by atoms with van der Waals surface area (Å²) in [6, 6.07) is 3.83. The minimum atomic E-state index is 0.173. The highest BCUT2D eigenvalue weighted by atomic mass is 32.1. The van der Waals surface area contributed by atoms with E-state index in [-0.39, 0.29) is 5.91 Å². The lowest BCUT2D eigenvalue weighted by molar-refractivity contribution is 0.0695. The smallest absolute Gasteiger partial charge is 0.263 e. The third-order valence-electron chi connectivity index (χ3n) is 3.75. The number of likely N-dealkylation sites (tertiary alicyclic amines) is 1. The average molecular weight is 290 g/mol. The maximum Gasteiger partial charge on any atom is 0.263 e. The van der Waals surface area contributed by atoms with Crippen LogP contribution < -0.4 is 0 Å². The second kappa shape index (κ2) is 5.75. The summed E-state index contributed by atoms with van der Waals surface area (Å²) in [5.74, 6) is 2.51. The summed E-state index contributed by atoms with van der Waals surface area (Å²) >= 11 is 1.52. The molecule has 0 saturated carbocycles. The molecule has 0 spiro atoms. The van der Waals surface area contributed by atoms with Gasteiger partial charge in [0.05, 0.1) is 4.88 Å². The van der Waals surface area contributed by atoms with Crippen LogP contribution in [0.15, 0.2) is 17.5 Å². The van der Waals surface area contributed by atoms with E-state index in [1.54, 1.807) is 0 Å². The summed E-state index contributed by atoms with van der Waals surface area (Å²) in [6.45, 7) is 3.59. The van der Waals surface area contributed by atoms with Gasteiger partial charge in [-0.1, -0.05) is 6.07 Å². The lowest BCUT2D eigenvalue weighted by atomic mass is 9.93. The molecule has 5 nitrogen and oxygen atoms in total. The van der Waals surface area contributed by atoms with Crippen molar-refractivity contribution >= 4 is 17.2 Å². The first kappa shape index (κ1) is 13.3. The van der Waals surface area contributed by atoms with Crippen molar-refractivity contribution in [3.63, 3.8) is 0 Å². The quantitative estimate of drug-likeness (QED) is 0.943. The number of thiophene rings is 1. The van der Waals surface area contributed by atoms with Gasteiger partial charge in [-0.05, 0) is 37.1 Å². The Kier molecular flexibility index (Phi) is 3.82. The number of rotatable bonds is 3. The first-order valence-electron chi connectivity index (χ1n) is 6.93. The number of aromatic nitrogens is 3. The lowest BCUT2D eigenvalue weighted by Crippen LogP contribution is -2.38. The number of aryl methyl sites for hydroxylation is 1. The minimum absolute atomic E-state index is 0.173. The van der Waals surface area contributed by atoms with Crippen LogP contribution in [0, 0.1) is 12.8 Å². The van der Waals surface area contributed by atoms with Crippen LogP contribution in [0.5, 0.6) is 0 Å². The molecule has 3 heterocycles. The Bertz CT molecular complexity index is 570. The number of aromatic amines is 1. The van der Waals surface area contributed by atoms with Gasteiger partial charge in [-0.2, -0.15) is 5.10 Å². The highest BCUT2D eigenvalue weighted by Crippen LogP contribution is 2.22. The second-order valence-corrected chi connectivity index (χ2v) is 6.20. The van der Waals surface area contributed by atoms with Crippen molar-refractivity contribution in [3.8, 4) is 0 Å². The van der Waals surface area contributed by atoms with Crippen molar-refractivity contribution in [2.24, 2.45) is 5.92 Å². The van der Waals surface area contributed by atoms with E-state index in [2.05, 4.69) is 15.2 Å². The van der Waals surface area contributed by atoms with Crippen molar-refractivity contribution < 1.29 is 4.79 Å². The number of carbonyl (C=O) groups is 1. The molecule has 0 aliphatic carbocycles. The van der Waals surface area contributed by atoms with Crippen LogP contribution >= 0.6 is 11.3 Å². The highest BCUT2D eigenvalue weighted by molar-refractivity contribution is 7.12. The van der Waals surface area contributed by atoms with Gasteiger partial charge < -0.3 is 4.90 Å². The zero-order chi connectivity index (χ0) is 13.9. The van der Waals surface area contributed by atoms with E-state index < -0.39 is 0 Å². The number of hydrogen-bond acceptors (Lipinski definition) is 4. The molecule has 3 rings (SSSR count). The second-order valence-electron chi connectivity index (χ2n) is 5.25. The van der Waals surface area contributed by atoms with Gasteiger partial charge >= 0.3 is 0 Å². The van der Waals surface area contributed by atoms with E-state index in [1.165, 1.54) is 11.3 Å². The van der Waals surface area contributed by atoms with Crippen LogP contribution in [-0.4, -0.2) is 39.1 Å². The summed E-state index contributed by atoms with van der Waals surface area (Å²) in [6.07, 6.45) is 2.97. The van der Waals surface area contributed by atoms with Crippen LogP contribution in [0.25, 0.3) is 0 Å². The predicted molar refractivity (Wildman–Crippen MR) is 77.8 cm³/mol. The normalized spacial score (nSPS) is 16.6. The molecule has 2 aromatic heterocycles.